The summed E-state index contributed by atoms with van der Waals surface area (Å²) in [5.74, 6) is -2.25. The maximum absolute atomic E-state index is 12.8. The van der Waals surface area contributed by atoms with Crippen LogP contribution in [0.15, 0.2) is 48.5 Å². The zero-order chi connectivity index (χ0) is 20.7. The molecule has 2 aromatic carbocycles. The van der Waals surface area contributed by atoms with Gasteiger partial charge in [-0.2, -0.15) is 0 Å². The van der Waals surface area contributed by atoms with Crippen LogP contribution in [0.3, 0.4) is 0 Å². The van der Waals surface area contributed by atoms with Crippen LogP contribution in [0, 0.1) is 15.9 Å². The first-order valence-electron chi connectivity index (χ1n) is 8.30. The van der Waals surface area contributed by atoms with Crippen molar-refractivity contribution in [2.24, 2.45) is 0 Å². The molecule has 0 saturated carbocycles. The third-order valence-electron chi connectivity index (χ3n) is 3.72. The standard InChI is InChI=1S/C19H17FN2O6/c1-12(19(25)21-15-3-2-4-16(11-15)22(26)27)28-18(24)10-9-17(23)13-5-7-14(20)8-6-13/h2-8,11-12H,9-10H2,1H3,(H,21,25). The van der Waals surface area contributed by atoms with Crippen molar-refractivity contribution in [2.75, 3.05) is 5.32 Å². The van der Waals surface area contributed by atoms with E-state index >= 15 is 0 Å². The number of nitrogens with one attached hydrogen (secondary N) is 1. The Labute approximate surface area is 159 Å². The topological polar surface area (TPSA) is 116 Å². The number of esters is 1. The smallest absolute Gasteiger partial charge is 0.307 e. The fourth-order valence-electron chi connectivity index (χ4n) is 2.25. The monoisotopic (exact) mass is 388 g/mol. The second-order valence-corrected chi connectivity index (χ2v) is 5.86. The molecule has 0 aliphatic rings. The summed E-state index contributed by atoms with van der Waals surface area (Å²) >= 11 is 0. The van der Waals surface area contributed by atoms with Crippen molar-refractivity contribution in [3.63, 3.8) is 0 Å². The number of benzene rings is 2. The van der Waals surface area contributed by atoms with Gasteiger partial charge in [0.05, 0.1) is 11.3 Å². The quantitative estimate of drug-likeness (QED) is 0.321. The Bertz CT molecular complexity index is 898. The lowest BCUT2D eigenvalue weighted by molar-refractivity contribution is -0.384. The van der Waals surface area contributed by atoms with Gasteiger partial charge >= 0.3 is 5.97 Å². The van der Waals surface area contributed by atoms with Gasteiger partial charge in [-0.25, -0.2) is 4.39 Å². The summed E-state index contributed by atoms with van der Waals surface area (Å²) in [5.41, 5.74) is 0.265. The minimum Gasteiger partial charge on any atom is -0.453 e. The van der Waals surface area contributed by atoms with Crippen molar-refractivity contribution >= 4 is 29.0 Å². The highest BCUT2D eigenvalue weighted by Gasteiger charge is 2.19. The number of Topliss-reactive ketones (excluding diaryl/α,β-unsaturated/α-hetero) is 1. The molecule has 0 spiro atoms. The van der Waals surface area contributed by atoms with Gasteiger partial charge in [-0.3, -0.25) is 24.5 Å². The lowest BCUT2D eigenvalue weighted by Crippen LogP contribution is -2.30. The average molecular weight is 388 g/mol. The van der Waals surface area contributed by atoms with Crippen LogP contribution < -0.4 is 5.32 Å². The molecular formula is C19H17FN2O6. The number of anilines is 1. The maximum Gasteiger partial charge on any atom is 0.307 e. The molecule has 1 N–H and O–H groups in total. The number of nitro groups is 1. The van der Waals surface area contributed by atoms with Gasteiger partial charge in [0.15, 0.2) is 11.9 Å². The number of ether oxygens (including phenoxy) is 1. The summed E-state index contributed by atoms with van der Waals surface area (Å²) in [4.78, 5) is 46.0. The zero-order valence-electron chi connectivity index (χ0n) is 14.9. The molecular weight excluding hydrogens is 371 g/mol. The highest BCUT2D eigenvalue weighted by Crippen LogP contribution is 2.17. The van der Waals surface area contributed by atoms with E-state index in [0.717, 1.165) is 12.1 Å². The Morgan fingerprint density at radius 3 is 2.46 bits per heavy atom. The molecule has 1 unspecified atom stereocenters. The lowest BCUT2D eigenvalue weighted by Gasteiger charge is -2.13. The van der Waals surface area contributed by atoms with E-state index in [0.29, 0.717) is 0 Å². The molecule has 146 valence electrons. The number of nitro benzene ring substituents is 1. The molecule has 2 aromatic rings. The molecule has 0 aromatic heterocycles. The fraction of sp³-hybridized carbons (Fsp3) is 0.211. The molecule has 0 aliphatic heterocycles. The summed E-state index contributed by atoms with van der Waals surface area (Å²) in [6, 6.07) is 10.2. The molecule has 9 heteroatoms. The number of rotatable bonds is 8. The van der Waals surface area contributed by atoms with Crippen molar-refractivity contribution in [3.05, 3.63) is 70.0 Å². The Balaban J connectivity index is 1.83. The number of hydrogen-bond acceptors (Lipinski definition) is 6. The van der Waals surface area contributed by atoms with Crippen molar-refractivity contribution in [3.8, 4) is 0 Å². The summed E-state index contributed by atoms with van der Waals surface area (Å²) in [7, 11) is 0. The van der Waals surface area contributed by atoms with Gasteiger partial charge in [-0.05, 0) is 37.3 Å². The first-order chi connectivity index (χ1) is 13.3. The molecule has 0 radical (unpaired) electrons. The van der Waals surface area contributed by atoms with Crippen LogP contribution >= 0.6 is 0 Å². The molecule has 0 bridgehead atoms. The number of amides is 1. The van der Waals surface area contributed by atoms with Crippen LogP contribution in [-0.2, 0) is 14.3 Å². The Kier molecular flexibility index (Phi) is 6.91. The van der Waals surface area contributed by atoms with Gasteiger partial charge in [0.1, 0.15) is 5.82 Å². The Morgan fingerprint density at radius 1 is 1.14 bits per heavy atom. The van der Waals surface area contributed by atoms with Crippen LogP contribution in [0.4, 0.5) is 15.8 Å². The summed E-state index contributed by atoms with van der Waals surface area (Å²) in [6.45, 7) is 1.34. The predicted molar refractivity (Wildman–Crippen MR) is 97.2 cm³/mol. The van der Waals surface area contributed by atoms with Gasteiger partial charge in [-0.1, -0.05) is 6.07 Å². The van der Waals surface area contributed by atoms with E-state index in [1.54, 1.807) is 0 Å². The second-order valence-electron chi connectivity index (χ2n) is 5.86. The second kappa shape index (κ2) is 9.36. The van der Waals surface area contributed by atoms with Gasteiger partial charge in [0.25, 0.3) is 11.6 Å². The van der Waals surface area contributed by atoms with E-state index < -0.39 is 28.7 Å². The van der Waals surface area contributed by atoms with E-state index in [4.69, 9.17) is 4.74 Å². The minimum atomic E-state index is -1.16. The van der Waals surface area contributed by atoms with Gasteiger partial charge in [-0.15, -0.1) is 0 Å². The van der Waals surface area contributed by atoms with Crippen molar-refractivity contribution < 1.29 is 28.4 Å². The number of nitrogens with zero attached hydrogens (tertiary/aromatic N) is 1. The van der Waals surface area contributed by atoms with Crippen LogP contribution in [-0.4, -0.2) is 28.7 Å². The summed E-state index contributed by atoms with van der Waals surface area (Å²) in [5, 5.41) is 13.2. The van der Waals surface area contributed by atoms with Crippen LogP contribution in [0.1, 0.15) is 30.1 Å². The Morgan fingerprint density at radius 2 is 1.82 bits per heavy atom. The van der Waals surface area contributed by atoms with Gasteiger partial charge in [0, 0.05) is 29.8 Å². The number of halogens is 1. The van der Waals surface area contributed by atoms with Crippen molar-refractivity contribution in [1.29, 1.82) is 0 Å². The number of hydrogen-bond donors (Lipinski definition) is 1. The SMILES string of the molecule is CC(OC(=O)CCC(=O)c1ccc(F)cc1)C(=O)Nc1cccc([N+](=O)[O-])c1. The number of carbonyl (C=O) groups excluding carboxylic acids is 3. The molecule has 0 fully saturated rings. The largest absolute Gasteiger partial charge is 0.453 e. The van der Waals surface area contributed by atoms with Crippen molar-refractivity contribution in [2.45, 2.75) is 25.9 Å². The maximum atomic E-state index is 12.8. The molecule has 8 nitrogen and oxygen atoms in total. The van der Waals surface area contributed by atoms with Gasteiger partial charge < -0.3 is 10.1 Å². The van der Waals surface area contributed by atoms with E-state index in [1.807, 2.05) is 0 Å². The van der Waals surface area contributed by atoms with Crippen LogP contribution in [0.5, 0.6) is 0 Å². The van der Waals surface area contributed by atoms with Gasteiger partial charge in [0.2, 0.25) is 0 Å². The first-order valence-corrected chi connectivity index (χ1v) is 8.30. The molecule has 0 heterocycles. The zero-order valence-corrected chi connectivity index (χ0v) is 14.9. The highest BCUT2D eigenvalue weighted by atomic mass is 19.1. The summed E-state index contributed by atoms with van der Waals surface area (Å²) < 4.78 is 17.8. The molecule has 0 aliphatic carbocycles. The third-order valence-corrected chi connectivity index (χ3v) is 3.72. The van der Waals surface area contributed by atoms with Crippen LogP contribution in [0.25, 0.3) is 0 Å². The van der Waals surface area contributed by atoms with E-state index in [1.165, 1.54) is 43.3 Å². The molecule has 1 amide bonds. The molecule has 0 saturated heterocycles. The Hall–Kier alpha value is -3.62. The fourth-order valence-corrected chi connectivity index (χ4v) is 2.25. The average Bonchev–Trinajstić information content (AvgIpc) is 2.66. The number of non-ortho nitro benzene ring substituents is 1. The predicted octanol–water partition coefficient (Wildman–Crippen LogP) is 3.27. The van der Waals surface area contributed by atoms with E-state index in [9.17, 15) is 28.9 Å². The van der Waals surface area contributed by atoms with Crippen molar-refractivity contribution in [1.82, 2.24) is 0 Å². The highest BCUT2D eigenvalue weighted by molar-refractivity contribution is 5.98. The number of carbonyl (C=O) groups is 3. The summed E-state index contributed by atoms with van der Waals surface area (Å²) in [6.07, 6.45) is -1.55. The van der Waals surface area contributed by atoms with Crippen LogP contribution in [0.2, 0.25) is 0 Å². The normalized spacial score (nSPS) is 11.4. The molecule has 2 rings (SSSR count). The van der Waals surface area contributed by atoms with E-state index in [-0.39, 0.29) is 35.6 Å². The number of ketones is 1. The minimum absolute atomic E-state index is 0.149. The first kappa shape index (κ1) is 20.7. The molecule has 1 atom stereocenters. The third kappa shape index (κ3) is 5.97. The molecule has 28 heavy (non-hydrogen) atoms. The lowest BCUT2D eigenvalue weighted by atomic mass is 10.1. The van der Waals surface area contributed by atoms with E-state index in [2.05, 4.69) is 5.32 Å².